The van der Waals surface area contributed by atoms with Crippen molar-refractivity contribution in [1.82, 2.24) is 0 Å². The van der Waals surface area contributed by atoms with Gasteiger partial charge < -0.3 is 5.11 Å². The lowest BCUT2D eigenvalue weighted by Crippen LogP contribution is -2.22. The van der Waals surface area contributed by atoms with Gasteiger partial charge in [-0.2, -0.15) is 0 Å². The summed E-state index contributed by atoms with van der Waals surface area (Å²) in [5.74, 6) is -0.952. The van der Waals surface area contributed by atoms with Gasteiger partial charge in [-0.25, -0.2) is 9.00 Å². The molecular formula is C10H11NO3S. The van der Waals surface area contributed by atoms with E-state index >= 15 is 0 Å². The van der Waals surface area contributed by atoms with Crippen LogP contribution in [0.25, 0.3) is 0 Å². The third-order valence-electron chi connectivity index (χ3n) is 2.50. The van der Waals surface area contributed by atoms with Crippen LogP contribution in [0.1, 0.15) is 15.9 Å². The van der Waals surface area contributed by atoms with Gasteiger partial charge in [0.25, 0.3) is 0 Å². The van der Waals surface area contributed by atoms with Gasteiger partial charge in [0.2, 0.25) is 0 Å². The van der Waals surface area contributed by atoms with Crippen molar-refractivity contribution in [3.8, 4) is 0 Å². The molecule has 2 rings (SSSR count). The maximum absolute atomic E-state index is 11.4. The number of hydrogen-bond donors (Lipinski definition) is 1. The number of carbonyl (C=O) groups is 1. The van der Waals surface area contributed by atoms with Crippen molar-refractivity contribution in [3.05, 3.63) is 29.3 Å². The van der Waals surface area contributed by atoms with E-state index in [1.54, 1.807) is 28.8 Å². The van der Waals surface area contributed by atoms with Crippen LogP contribution in [0.15, 0.2) is 18.2 Å². The number of carboxylic acid groups (broad SMARTS) is 1. The van der Waals surface area contributed by atoms with E-state index in [4.69, 9.17) is 5.11 Å². The molecule has 0 bridgehead atoms. The Balaban J connectivity index is 2.46. The van der Waals surface area contributed by atoms with E-state index in [0.29, 0.717) is 6.54 Å². The van der Waals surface area contributed by atoms with Crippen molar-refractivity contribution >= 4 is 22.6 Å². The predicted molar refractivity (Wildman–Crippen MR) is 58.5 cm³/mol. The molecule has 1 unspecified atom stereocenters. The maximum Gasteiger partial charge on any atom is 0.335 e. The summed E-state index contributed by atoms with van der Waals surface area (Å²) in [7, 11) is -1.08. The lowest BCUT2D eigenvalue weighted by Gasteiger charge is -2.15. The third kappa shape index (κ3) is 1.74. The maximum atomic E-state index is 11.4. The second-order valence-electron chi connectivity index (χ2n) is 3.42. The van der Waals surface area contributed by atoms with Crippen LogP contribution in [-0.4, -0.2) is 28.1 Å². The van der Waals surface area contributed by atoms with Gasteiger partial charge in [-0.15, -0.1) is 0 Å². The van der Waals surface area contributed by atoms with Gasteiger partial charge in [0.15, 0.2) is 0 Å². The molecule has 0 aromatic heterocycles. The average Bonchev–Trinajstić information content (AvgIpc) is 2.59. The van der Waals surface area contributed by atoms with E-state index in [0.717, 1.165) is 17.7 Å². The van der Waals surface area contributed by atoms with E-state index in [2.05, 4.69) is 0 Å². The van der Waals surface area contributed by atoms with E-state index in [1.165, 1.54) is 0 Å². The summed E-state index contributed by atoms with van der Waals surface area (Å²) in [6, 6.07) is 4.97. The lowest BCUT2D eigenvalue weighted by atomic mass is 10.1. The molecule has 80 valence electrons. The Morgan fingerprint density at radius 3 is 2.87 bits per heavy atom. The largest absolute Gasteiger partial charge is 0.478 e. The van der Waals surface area contributed by atoms with Crippen LogP contribution < -0.4 is 4.31 Å². The summed E-state index contributed by atoms with van der Waals surface area (Å²) < 4.78 is 13.1. The fourth-order valence-corrected chi connectivity index (χ4v) is 2.55. The number of rotatable bonds is 2. The van der Waals surface area contributed by atoms with Crippen LogP contribution in [0.5, 0.6) is 0 Å². The molecule has 1 aromatic rings. The Morgan fingerprint density at radius 2 is 2.27 bits per heavy atom. The minimum Gasteiger partial charge on any atom is -0.478 e. The topological polar surface area (TPSA) is 57.6 Å². The van der Waals surface area contributed by atoms with E-state index in [1.807, 2.05) is 0 Å². The lowest BCUT2D eigenvalue weighted by molar-refractivity contribution is 0.0697. The first kappa shape index (κ1) is 10.2. The van der Waals surface area contributed by atoms with Crippen LogP contribution in [-0.2, 0) is 17.4 Å². The van der Waals surface area contributed by atoms with Crippen molar-refractivity contribution in [2.24, 2.45) is 0 Å². The van der Waals surface area contributed by atoms with Crippen molar-refractivity contribution in [1.29, 1.82) is 0 Å². The van der Waals surface area contributed by atoms with Crippen LogP contribution in [0.4, 0.5) is 5.69 Å². The van der Waals surface area contributed by atoms with Crippen molar-refractivity contribution in [3.63, 3.8) is 0 Å². The van der Waals surface area contributed by atoms with Crippen LogP contribution in [0, 0.1) is 0 Å². The molecule has 0 spiro atoms. The van der Waals surface area contributed by atoms with E-state index in [-0.39, 0.29) is 5.56 Å². The molecular weight excluding hydrogens is 214 g/mol. The summed E-state index contributed by atoms with van der Waals surface area (Å²) in [6.45, 7) is 0.696. The van der Waals surface area contributed by atoms with Crippen molar-refractivity contribution < 1.29 is 14.1 Å². The summed E-state index contributed by atoms with van der Waals surface area (Å²) in [5.41, 5.74) is 2.09. The Bertz CT molecular complexity index is 444. The molecule has 15 heavy (non-hydrogen) atoms. The monoisotopic (exact) mass is 225 g/mol. The Kier molecular flexibility index (Phi) is 2.48. The van der Waals surface area contributed by atoms with Gasteiger partial charge in [0.1, 0.15) is 11.0 Å². The minimum absolute atomic E-state index is 0.242. The summed E-state index contributed by atoms with van der Waals surface area (Å²) in [4.78, 5) is 10.8. The molecule has 0 radical (unpaired) electrons. The van der Waals surface area contributed by atoms with Crippen molar-refractivity contribution in [2.75, 3.05) is 17.1 Å². The molecule has 0 saturated heterocycles. The highest BCUT2D eigenvalue weighted by Gasteiger charge is 2.22. The highest BCUT2D eigenvalue weighted by atomic mass is 32.2. The fraction of sp³-hybridized carbons (Fsp3) is 0.300. The average molecular weight is 225 g/mol. The van der Waals surface area contributed by atoms with E-state index in [9.17, 15) is 9.00 Å². The molecule has 1 aliphatic rings. The van der Waals surface area contributed by atoms with Crippen molar-refractivity contribution in [2.45, 2.75) is 6.42 Å². The SMILES string of the molecule is CS(=O)N1CCc2ccc(C(=O)O)cc21. The van der Waals surface area contributed by atoms with Gasteiger partial charge in [-0.05, 0) is 24.1 Å². The number of fused-ring (bicyclic) bond motifs is 1. The molecule has 1 heterocycles. The molecule has 1 atom stereocenters. The Labute approximate surface area is 90.1 Å². The molecule has 1 aliphatic heterocycles. The zero-order chi connectivity index (χ0) is 11.0. The van der Waals surface area contributed by atoms with Crippen LogP contribution in [0.2, 0.25) is 0 Å². The smallest absolute Gasteiger partial charge is 0.335 e. The predicted octanol–water partition coefficient (Wildman–Crippen LogP) is 1.04. The molecule has 4 nitrogen and oxygen atoms in total. The molecule has 0 amide bonds. The highest BCUT2D eigenvalue weighted by Crippen LogP contribution is 2.29. The number of carboxylic acids is 1. The quantitative estimate of drug-likeness (QED) is 0.818. The Morgan fingerprint density at radius 1 is 1.53 bits per heavy atom. The van der Waals surface area contributed by atoms with Gasteiger partial charge in [-0.3, -0.25) is 4.31 Å². The van der Waals surface area contributed by atoms with Gasteiger partial charge in [0, 0.05) is 12.8 Å². The Hall–Kier alpha value is -1.36. The van der Waals surface area contributed by atoms with Gasteiger partial charge >= 0.3 is 5.97 Å². The summed E-state index contributed by atoms with van der Waals surface area (Å²) >= 11 is 0. The molecule has 1 N–H and O–H groups in total. The van der Waals surface area contributed by atoms with Gasteiger partial charge in [-0.1, -0.05) is 6.07 Å². The van der Waals surface area contributed by atoms with E-state index < -0.39 is 17.0 Å². The molecule has 0 saturated carbocycles. The van der Waals surface area contributed by atoms with Crippen LogP contribution >= 0.6 is 0 Å². The number of hydrogen-bond acceptors (Lipinski definition) is 2. The zero-order valence-electron chi connectivity index (χ0n) is 8.27. The first-order valence-corrected chi connectivity index (χ1v) is 6.08. The minimum atomic E-state index is -1.08. The number of benzene rings is 1. The zero-order valence-corrected chi connectivity index (χ0v) is 9.08. The van der Waals surface area contributed by atoms with Crippen LogP contribution in [0.3, 0.4) is 0 Å². The first-order chi connectivity index (χ1) is 7.09. The number of aromatic carboxylic acids is 1. The number of anilines is 1. The first-order valence-electron chi connectivity index (χ1n) is 4.57. The third-order valence-corrected chi connectivity index (χ3v) is 3.50. The summed E-state index contributed by atoms with van der Waals surface area (Å²) in [5, 5.41) is 8.85. The molecule has 5 heteroatoms. The second-order valence-corrected chi connectivity index (χ2v) is 4.71. The second kappa shape index (κ2) is 3.66. The molecule has 0 fully saturated rings. The number of nitrogens with zero attached hydrogens (tertiary/aromatic N) is 1. The highest BCUT2D eigenvalue weighted by molar-refractivity contribution is 7.85. The normalized spacial score (nSPS) is 16.2. The molecule has 1 aromatic carbocycles. The fourth-order valence-electron chi connectivity index (χ4n) is 1.75. The standard InChI is InChI=1S/C10H11NO3S/c1-15(14)11-5-4-7-2-3-8(10(12)13)6-9(7)11/h2-3,6H,4-5H2,1H3,(H,12,13). The van der Waals surface area contributed by atoms with Gasteiger partial charge in [0.05, 0.1) is 11.3 Å². The molecule has 0 aliphatic carbocycles. The summed E-state index contributed by atoms with van der Waals surface area (Å²) in [6.07, 6.45) is 2.43.